The summed E-state index contributed by atoms with van der Waals surface area (Å²) >= 11 is 3.37. The maximum Gasteiger partial charge on any atom is 0.106 e. The first-order chi connectivity index (χ1) is 7.72. The van der Waals surface area contributed by atoms with E-state index in [4.69, 9.17) is 0 Å². The molecule has 0 N–H and O–H groups in total. The number of rotatable bonds is 1. The Bertz CT molecular complexity index is 364. The summed E-state index contributed by atoms with van der Waals surface area (Å²) in [6, 6.07) is 4.18. The van der Waals surface area contributed by atoms with Gasteiger partial charge in [-0.1, -0.05) is 0 Å². The van der Waals surface area contributed by atoms with Crippen molar-refractivity contribution in [1.82, 2.24) is 9.88 Å². The molecule has 0 aromatic carbocycles. The van der Waals surface area contributed by atoms with Crippen LogP contribution in [0.4, 0.5) is 5.69 Å². The molecule has 16 heavy (non-hydrogen) atoms. The molecule has 0 aliphatic carbocycles. The van der Waals surface area contributed by atoms with Gasteiger partial charge in [0.05, 0.1) is 11.9 Å². The Morgan fingerprint density at radius 1 is 1.19 bits per heavy atom. The van der Waals surface area contributed by atoms with Crippen LogP contribution in [0.3, 0.4) is 0 Å². The average molecular weight is 282 g/mol. The van der Waals surface area contributed by atoms with Gasteiger partial charge in [-0.3, -0.25) is 0 Å². The van der Waals surface area contributed by atoms with Gasteiger partial charge < -0.3 is 9.80 Å². The average Bonchev–Trinajstić information content (AvgIpc) is 2.75. The standard InChI is InChI=1S/C12H16BrN3/c1-15-5-9-7-16(8-10(9)6-15)11-2-3-12(13)14-4-11/h2-4,9-10H,5-8H2,1H3. The van der Waals surface area contributed by atoms with Crippen molar-refractivity contribution in [2.24, 2.45) is 11.8 Å². The van der Waals surface area contributed by atoms with Crippen molar-refractivity contribution >= 4 is 21.6 Å². The van der Waals surface area contributed by atoms with Crippen LogP contribution in [-0.2, 0) is 0 Å². The Morgan fingerprint density at radius 2 is 1.88 bits per heavy atom. The Labute approximate surface area is 105 Å². The molecular weight excluding hydrogens is 266 g/mol. The fraction of sp³-hybridized carbons (Fsp3) is 0.583. The van der Waals surface area contributed by atoms with Gasteiger partial charge in [-0.15, -0.1) is 0 Å². The van der Waals surface area contributed by atoms with E-state index in [0.717, 1.165) is 16.4 Å². The van der Waals surface area contributed by atoms with Gasteiger partial charge in [0.1, 0.15) is 4.60 Å². The molecule has 3 rings (SSSR count). The number of pyridine rings is 1. The van der Waals surface area contributed by atoms with E-state index in [1.165, 1.54) is 31.9 Å². The zero-order valence-electron chi connectivity index (χ0n) is 9.43. The lowest BCUT2D eigenvalue weighted by Gasteiger charge is -2.20. The van der Waals surface area contributed by atoms with Crippen molar-refractivity contribution in [3.8, 4) is 0 Å². The molecule has 2 aliphatic rings. The Balaban J connectivity index is 1.73. The summed E-state index contributed by atoms with van der Waals surface area (Å²) in [6.45, 7) is 4.90. The normalized spacial score (nSPS) is 29.8. The number of halogens is 1. The fourth-order valence-electron chi connectivity index (χ4n) is 2.99. The lowest BCUT2D eigenvalue weighted by atomic mass is 10.0. The molecule has 0 saturated carbocycles. The summed E-state index contributed by atoms with van der Waals surface area (Å²) in [5, 5.41) is 0. The highest BCUT2D eigenvalue weighted by atomic mass is 79.9. The number of anilines is 1. The second-order valence-corrected chi connectivity index (χ2v) is 5.80. The van der Waals surface area contributed by atoms with Crippen LogP contribution in [-0.4, -0.2) is 43.1 Å². The van der Waals surface area contributed by atoms with Gasteiger partial charge in [0.25, 0.3) is 0 Å². The molecule has 86 valence electrons. The van der Waals surface area contributed by atoms with Crippen LogP contribution in [0, 0.1) is 11.8 Å². The summed E-state index contributed by atoms with van der Waals surface area (Å²) in [5.74, 6) is 1.71. The van der Waals surface area contributed by atoms with Gasteiger partial charge in [0, 0.05) is 26.2 Å². The second kappa shape index (κ2) is 4.00. The Kier molecular flexibility index (Phi) is 2.64. The van der Waals surface area contributed by atoms with Crippen LogP contribution in [0.2, 0.25) is 0 Å². The van der Waals surface area contributed by atoms with Crippen LogP contribution < -0.4 is 4.90 Å². The van der Waals surface area contributed by atoms with Crippen molar-refractivity contribution < 1.29 is 0 Å². The van der Waals surface area contributed by atoms with Gasteiger partial charge in [-0.05, 0) is 46.9 Å². The third kappa shape index (κ3) is 1.84. The smallest absolute Gasteiger partial charge is 0.106 e. The maximum atomic E-state index is 4.30. The number of hydrogen-bond donors (Lipinski definition) is 0. The van der Waals surface area contributed by atoms with E-state index in [0.29, 0.717) is 0 Å². The molecule has 2 fully saturated rings. The van der Waals surface area contributed by atoms with E-state index in [-0.39, 0.29) is 0 Å². The molecule has 0 bridgehead atoms. The third-order valence-electron chi connectivity index (χ3n) is 3.75. The van der Waals surface area contributed by atoms with E-state index in [9.17, 15) is 0 Å². The van der Waals surface area contributed by atoms with Gasteiger partial charge in [-0.2, -0.15) is 0 Å². The zero-order valence-corrected chi connectivity index (χ0v) is 11.0. The molecule has 2 aliphatic heterocycles. The monoisotopic (exact) mass is 281 g/mol. The lowest BCUT2D eigenvalue weighted by molar-refractivity contribution is 0.387. The van der Waals surface area contributed by atoms with E-state index in [2.05, 4.69) is 43.8 Å². The first-order valence-corrected chi connectivity index (χ1v) is 6.57. The van der Waals surface area contributed by atoms with Crippen molar-refractivity contribution in [1.29, 1.82) is 0 Å². The summed E-state index contributed by atoms with van der Waals surface area (Å²) in [6.07, 6.45) is 1.97. The molecule has 1 aromatic rings. The third-order valence-corrected chi connectivity index (χ3v) is 4.21. The molecule has 2 unspecified atom stereocenters. The molecule has 0 amide bonds. The highest BCUT2D eigenvalue weighted by Crippen LogP contribution is 2.33. The molecule has 1 aromatic heterocycles. The zero-order chi connectivity index (χ0) is 11.1. The number of nitrogens with zero attached hydrogens (tertiary/aromatic N) is 3. The SMILES string of the molecule is CN1CC2CN(c3ccc(Br)nc3)CC2C1. The number of likely N-dealkylation sites (tertiary alicyclic amines) is 1. The van der Waals surface area contributed by atoms with Crippen LogP contribution >= 0.6 is 15.9 Å². The van der Waals surface area contributed by atoms with Crippen LogP contribution in [0.5, 0.6) is 0 Å². The molecular formula is C12H16BrN3. The van der Waals surface area contributed by atoms with Crippen molar-refractivity contribution in [3.05, 3.63) is 22.9 Å². The Hall–Kier alpha value is -0.610. The minimum absolute atomic E-state index is 0.855. The predicted molar refractivity (Wildman–Crippen MR) is 68.6 cm³/mol. The molecule has 0 spiro atoms. The minimum Gasteiger partial charge on any atom is -0.370 e. The first kappa shape index (κ1) is 10.5. The summed E-state index contributed by atoms with van der Waals surface area (Å²) < 4.78 is 0.912. The van der Waals surface area contributed by atoms with Gasteiger partial charge in [0.15, 0.2) is 0 Å². The van der Waals surface area contributed by atoms with Crippen molar-refractivity contribution in [3.63, 3.8) is 0 Å². The minimum atomic E-state index is 0.855. The van der Waals surface area contributed by atoms with E-state index in [1.54, 1.807) is 0 Å². The van der Waals surface area contributed by atoms with E-state index in [1.807, 2.05) is 12.3 Å². The Morgan fingerprint density at radius 3 is 2.44 bits per heavy atom. The molecule has 3 heterocycles. The lowest BCUT2D eigenvalue weighted by Crippen LogP contribution is -2.26. The van der Waals surface area contributed by atoms with Crippen molar-refractivity contribution in [2.45, 2.75) is 0 Å². The summed E-state index contributed by atoms with van der Waals surface area (Å²) in [5.41, 5.74) is 1.26. The highest BCUT2D eigenvalue weighted by Gasteiger charge is 2.38. The van der Waals surface area contributed by atoms with E-state index < -0.39 is 0 Å². The molecule has 2 saturated heterocycles. The highest BCUT2D eigenvalue weighted by molar-refractivity contribution is 9.10. The first-order valence-electron chi connectivity index (χ1n) is 5.77. The van der Waals surface area contributed by atoms with Crippen molar-refractivity contribution in [2.75, 3.05) is 38.1 Å². The maximum absolute atomic E-state index is 4.30. The van der Waals surface area contributed by atoms with Crippen LogP contribution in [0.1, 0.15) is 0 Å². The van der Waals surface area contributed by atoms with Crippen LogP contribution in [0.15, 0.2) is 22.9 Å². The topological polar surface area (TPSA) is 19.4 Å². The molecule has 3 nitrogen and oxygen atoms in total. The van der Waals surface area contributed by atoms with Gasteiger partial charge in [0.2, 0.25) is 0 Å². The van der Waals surface area contributed by atoms with Gasteiger partial charge >= 0.3 is 0 Å². The van der Waals surface area contributed by atoms with Crippen LogP contribution in [0.25, 0.3) is 0 Å². The summed E-state index contributed by atoms with van der Waals surface area (Å²) in [4.78, 5) is 9.22. The fourth-order valence-corrected chi connectivity index (χ4v) is 3.23. The largest absolute Gasteiger partial charge is 0.370 e. The second-order valence-electron chi connectivity index (χ2n) is 4.99. The molecule has 2 atom stereocenters. The number of fused-ring (bicyclic) bond motifs is 1. The molecule has 0 radical (unpaired) electrons. The van der Waals surface area contributed by atoms with Gasteiger partial charge in [-0.25, -0.2) is 4.98 Å². The quantitative estimate of drug-likeness (QED) is 0.733. The van der Waals surface area contributed by atoms with E-state index >= 15 is 0 Å². The number of hydrogen-bond acceptors (Lipinski definition) is 3. The summed E-state index contributed by atoms with van der Waals surface area (Å²) in [7, 11) is 2.23. The molecule has 4 heteroatoms. The predicted octanol–water partition coefficient (Wildman–Crippen LogP) is 1.84. The number of aromatic nitrogens is 1.